The summed E-state index contributed by atoms with van der Waals surface area (Å²) in [5, 5.41) is 2.82. The number of anilines is 1. The van der Waals surface area contributed by atoms with Crippen molar-refractivity contribution in [2.24, 2.45) is 0 Å². The smallest absolute Gasteiger partial charge is 0.251 e. The van der Waals surface area contributed by atoms with Crippen molar-refractivity contribution < 1.29 is 4.79 Å². The highest BCUT2D eigenvalue weighted by molar-refractivity contribution is 5.93. The fraction of sp³-hybridized carbons (Fsp3) is 0.250. The van der Waals surface area contributed by atoms with E-state index in [1.54, 1.807) is 19.2 Å². The minimum absolute atomic E-state index is 0.179. The van der Waals surface area contributed by atoms with Gasteiger partial charge in [0, 0.05) is 18.0 Å². The molecule has 1 heterocycles. The molecule has 1 N–H and O–H groups in total. The topological polar surface area (TPSA) is 51.1 Å². The van der Waals surface area contributed by atoms with E-state index in [-0.39, 0.29) is 11.5 Å². The van der Waals surface area contributed by atoms with Gasteiger partial charge >= 0.3 is 0 Å². The molecular weight excluding hydrogens is 252 g/mol. The summed E-state index contributed by atoms with van der Waals surface area (Å²) in [4.78, 5) is 24.0. The van der Waals surface area contributed by atoms with Crippen LogP contribution < -0.4 is 10.9 Å². The van der Waals surface area contributed by atoms with Gasteiger partial charge in [0.2, 0.25) is 5.91 Å². The average molecular weight is 270 g/mol. The molecule has 0 aliphatic carbocycles. The van der Waals surface area contributed by atoms with Crippen molar-refractivity contribution in [1.82, 2.24) is 4.57 Å². The second kappa shape index (κ2) is 5.74. The lowest BCUT2D eigenvalue weighted by Gasteiger charge is -2.15. The Kier molecular flexibility index (Phi) is 4.03. The van der Waals surface area contributed by atoms with E-state index in [0.717, 1.165) is 16.8 Å². The van der Waals surface area contributed by atoms with Gasteiger partial charge in [-0.15, -0.1) is 0 Å². The number of rotatable bonds is 3. The maximum Gasteiger partial charge on any atom is 0.251 e. The molecule has 2 aromatic rings. The Morgan fingerprint density at radius 2 is 1.65 bits per heavy atom. The molecular formula is C16H18N2O2. The Hall–Kier alpha value is -2.36. The Morgan fingerprint density at radius 3 is 2.30 bits per heavy atom. The molecule has 1 aromatic heterocycles. The lowest BCUT2D eigenvalue weighted by Crippen LogP contribution is -2.31. The third kappa shape index (κ3) is 3.15. The quantitative estimate of drug-likeness (QED) is 0.932. The molecule has 0 saturated carbocycles. The van der Waals surface area contributed by atoms with E-state index in [4.69, 9.17) is 0 Å². The first kappa shape index (κ1) is 14.1. The second-order valence-electron chi connectivity index (χ2n) is 4.98. The third-order valence-electron chi connectivity index (χ3n) is 3.20. The van der Waals surface area contributed by atoms with Crippen molar-refractivity contribution in [2.75, 3.05) is 5.32 Å². The van der Waals surface area contributed by atoms with Crippen LogP contribution in [0.2, 0.25) is 0 Å². The highest BCUT2D eigenvalue weighted by atomic mass is 16.2. The fourth-order valence-corrected chi connectivity index (χ4v) is 1.93. The molecule has 0 spiro atoms. The molecule has 104 valence electrons. The molecule has 2 rings (SSSR count). The molecule has 1 atom stereocenters. The minimum atomic E-state index is -0.552. The number of carbonyl (C=O) groups excluding carboxylic acids is 1. The van der Waals surface area contributed by atoms with Crippen LogP contribution in [0.25, 0.3) is 0 Å². The van der Waals surface area contributed by atoms with Crippen LogP contribution in [-0.2, 0) is 4.79 Å². The van der Waals surface area contributed by atoms with Crippen LogP contribution in [0.15, 0.2) is 47.4 Å². The van der Waals surface area contributed by atoms with E-state index in [0.29, 0.717) is 0 Å². The lowest BCUT2D eigenvalue weighted by molar-refractivity contribution is -0.118. The van der Waals surface area contributed by atoms with Gasteiger partial charge in [-0.05, 0) is 38.5 Å². The number of benzene rings is 1. The van der Waals surface area contributed by atoms with E-state index in [9.17, 15) is 9.59 Å². The molecule has 0 radical (unpaired) electrons. The van der Waals surface area contributed by atoms with Crippen molar-refractivity contribution in [1.29, 1.82) is 0 Å². The zero-order valence-electron chi connectivity index (χ0n) is 11.9. The van der Waals surface area contributed by atoms with Gasteiger partial charge in [-0.3, -0.25) is 9.59 Å². The maximum absolute atomic E-state index is 12.2. The first-order valence-corrected chi connectivity index (χ1v) is 6.54. The number of aromatic nitrogens is 1. The summed E-state index contributed by atoms with van der Waals surface area (Å²) in [6, 6.07) is 10.2. The highest BCUT2D eigenvalue weighted by Crippen LogP contribution is 2.12. The minimum Gasteiger partial charge on any atom is -0.324 e. The molecule has 4 heteroatoms. The molecule has 0 bridgehead atoms. The van der Waals surface area contributed by atoms with Gasteiger partial charge in [0.05, 0.1) is 0 Å². The van der Waals surface area contributed by atoms with Crippen molar-refractivity contribution in [3.8, 4) is 0 Å². The van der Waals surface area contributed by atoms with Gasteiger partial charge in [0.1, 0.15) is 6.04 Å². The Bertz CT molecular complexity index is 672. The van der Waals surface area contributed by atoms with Gasteiger partial charge in [-0.2, -0.15) is 0 Å². The van der Waals surface area contributed by atoms with Crippen LogP contribution in [-0.4, -0.2) is 10.5 Å². The number of amides is 1. The lowest BCUT2D eigenvalue weighted by atomic mass is 10.2. The molecule has 0 aliphatic heterocycles. The molecule has 1 unspecified atom stereocenters. The summed E-state index contributed by atoms with van der Waals surface area (Å²) in [5.74, 6) is -0.207. The van der Waals surface area contributed by atoms with E-state index in [1.807, 2.05) is 38.1 Å². The molecule has 1 amide bonds. The zero-order chi connectivity index (χ0) is 14.7. The molecule has 0 saturated heterocycles. The van der Waals surface area contributed by atoms with Gasteiger partial charge in [0.25, 0.3) is 5.56 Å². The molecule has 20 heavy (non-hydrogen) atoms. The predicted octanol–water partition coefficient (Wildman–Crippen LogP) is 2.66. The van der Waals surface area contributed by atoms with E-state index < -0.39 is 6.04 Å². The summed E-state index contributed by atoms with van der Waals surface area (Å²) in [5.41, 5.74) is 2.63. The SMILES string of the molecule is Cc1ccc(NC(=O)C(C)n2cc(C)ccc2=O)cc1. The van der Waals surface area contributed by atoms with Crippen LogP contribution in [0.4, 0.5) is 5.69 Å². The molecule has 4 nitrogen and oxygen atoms in total. The highest BCUT2D eigenvalue weighted by Gasteiger charge is 2.16. The third-order valence-corrected chi connectivity index (χ3v) is 3.20. The largest absolute Gasteiger partial charge is 0.324 e. The summed E-state index contributed by atoms with van der Waals surface area (Å²) < 4.78 is 1.44. The summed E-state index contributed by atoms with van der Waals surface area (Å²) in [6.45, 7) is 5.59. The molecule has 0 aliphatic rings. The van der Waals surface area contributed by atoms with Gasteiger partial charge in [-0.1, -0.05) is 23.8 Å². The maximum atomic E-state index is 12.2. The van der Waals surface area contributed by atoms with Crippen LogP contribution in [0.3, 0.4) is 0 Å². The van der Waals surface area contributed by atoms with Gasteiger partial charge < -0.3 is 9.88 Å². The Balaban J connectivity index is 2.18. The van der Waals surface area contributed by atoms with Gasteiger partial charge in [0.15, 0.2) is 0 Å². The average Bonchev–Trinajstić information content (AvgIpc) is 2.43. The van der Waals surface area contributed by atoms with Crippen LogP contribution in [0.1, 0.15) is 24.1 Å². The summed E-state index contributed by atoms with van der Waals surface area (Å²) in [7, 11) is 0. The number of aryl methyl sites for hydroxylation is 2. The number of hydrogen-bond acceptors (Lipinski definition) is 2. The summed E-state index contributed by atoms with van der Waals surface area (Å²) in [6.07, 6.45) is 1.70. The number of carbonyl (C=O) groups is 1. The number of pyridine rings is 1. The number of hydrogen-bond donors (Lipinski definition) is 1. The molecule has 1 aromatic carbocycles. The van der Waals surface area contributed by atoms with Crippen molar-refractivity contribution in [2.45, 2.75) is 26.8 Å². The van der Waals surface area contributed by atoms with E-state index in [2.05, 4.69) is 5.32 Å². The second-order valence-corrected chi connectivity index (χ2v) is 4.98. The number of nitrogens with one attached hydrogen (secondary N) is 1. The summed E-state index contributed by atoms with van der Waals surface area (Å²) >= 11 is 0. The van der Waals surface area contributed by atoms with Crippen molar-refractivity contribution in [3.63, 3.8) is 0 Å². The monoisotopic (exact) mass is 270 g/mol. The normalized spacial score (nSPS) is 11.9. The first-order chi connectivity index (χ1) is 9.47. The zero-order valence-corrected chi connectivity index (χ0v) is 11.9. The van der Waals surface area contributed by atoms with E-state index >= 15 is 0 Å². The first-order valence-electron chi connectivity index (χ1n) is 6.54. The standard InChI is InChI=1S/C16H18N2O2/c1-11-4-7-14(8-5-11)17-16(20)13(3)18-10-12(2)6-9-15(18)19/h4-10,13H,1-3H3,(H,17,20). The van der Waals surface area contributed by atoms with Gasteiger partial charge in [-0.25, -0.2) is 0 Å². The Labute approximate surface area is 118 Å². The Morgan fingerprint density at radius 1 is 1.05 bits per heavy atom. The van der Waals surface area contributed by atoms with Crippen LogP contribution in [0, 0.1) is 13.8 Å². The van der Waals surface area contributed by atoms with Crippen LogP contribution >= 0.6 is 0 Å². The fourth-order valence-electron chi connectivity index (χ4n) is 1.93. The van der Waals surface area contributed by atoms with Crippen molar-refractivity contribution >= 4 is 11.6 Å². The van der Waals surface area contributed by atoms with E-state index in [1.165, 1.54) is 10.6 Å². The number of nitrogens with zero attached hydrogens (tertiary/aromatic N) is 1. The molecule has 0 fully saturated rings. The van der Waals surface area contributed by atoms with Crippen molar-refractivity contribution in [3.05, 3.63) is 64.1 Å². The van der Waals surface area contributed by atoms with Crippen LogP contribution in [0.5, 0.6) is 0 Å². The predicted molar refractivity (Wildman–Crippen MR) is 80.0 cm³/mol.